The summed E-state index contributed by atoms with van der Waals surface area (Å²) in [6, 6.07) is 16.2. The number of aryl methyl sites for hydroxylation is 1. The molecular formula is C24H24N4O6. The Kier molecular flexibility index (Phi) is 6.88. The van der Waals surface area contributed by atoms with Crippen molar-refractivity contribution in [3.8, 4) is 11.1 Å². The molecule has 0 unspecified atom stereocenters. The van der Waals surface area contributed by atoms with Gasteiger partial charge in [-0.05, 0) is 22.3 Å². The summed E-state index contributed by atoms with van der Waals surface area (Å²) in [5.41, 5.74) is 4.52. The van der Waals surface area contributed by atoms with Gasteiger partial charge in [0.1, 0.15) is 13.2 Å². The molecule has 176 valence electrons. The zero-order chi connectivity index (χ0) is 24.1. The van der Waals surface area contributed by atoms with E-state index in [1.54, 1.807) is 0 Å². The van der Waals surface area contributed by atoms with Gasteiger partial charge < -0.3 is 25.2 Å². The van der Waals surface area contributed by atoms with E-state index in [0.717, 1.165) is 26.9 Å². The first-order valence-electron chi connectivity index (χ1n) is 10.7. The minimum atomic E-state index is -1.21. The highest BCUT2D eigenvalue weighted by Gasteiger charge is 2.29. The Labute approximate surface area is 195 Å². The molecule has 0 aliphatic heterocycles. The minimum absolute atomic E-state index is 0.0266. The Balaban J connectivity index is 1.18. The first kappa shape index (κ1) is 23.0. The number of fused-ring (bicyclic) bond motifs is 3. The molecule has 1 aromatic heterocycles. The van der Waals surface area contributed by atoms with Gasteiger partial charge in [0, 0.05) is 19.5 Å². The summed E-state index contributed by atoms with van der Waals surface area (Å²) in [5, 5.41) is 18.0. The SMILES string of the molecule is Cn1ncc(NC(=O)COCCNC(=O)OCC2c3ccccc3-c3ccccc32)c1C(=O)O. The van der Waals surface area contributed by atoms with Crippen molar-refractivity contribution < 1.29 is 29.0 Å². The molecule has 0 saturated carbocycles. The summed E-state index contributed by atoms with van der Waals surface area (Å²) in [5.74, 6) is -1.76. The second-order valence-electron chi connectivity index (χ2n) is 7.69. The van der Waals surface area contributed by atoms with Crippen LogP contribution in [0, 0.1) is 0 Å². The number of carbonyl (C=O) groups is 3. The normalized spacial score (nSPS) is 12.0. The van der Waals surface area contributed by atoms with Crippen LogP contribution in [0.15, 0.2) is 54.7 Å². The van der Waals surface area contributed by atoms with Gasteiger partial charge in [0.05, 0.1) is 18.5 Å². The van der Waals surface area contributed by atoms with Gasteiger partial charge in [-0.2, -0.15) is 5.10 Å². The smallest absolute Gasteiger partial charge is 0.407 e. The summed E-state index contributed by atoms with van der Waals surface area (Å²) in [4.78, 5) is 35.3. The van der Waals surface area contributed by atoms with Crippen LogP contribution in [0.1, 0.15) is 27.5 Å². The van der Waals surface area contributed by atoms with E-state index >= 15 is 0 Å². The molecule has 3 N–H and O–H groups in total. The van der Waals surface area contributed by atoms with E-state index in [9.17, 15) is 14.4 Å². The fraction of sp³-hybridized carbons (Fsp3) is 0.250. The fourth-order valence-corrected chi connectivity index (χ4v) is 4.01. The van der Waals surface area contributed by atoms with Gasteiger partial charge in [-0.3, -0.25) is 9.48 Å². The number of nitrogens with zero attached hydrogens (tertiary/aromatic N) is 2. The molecule has 34 heavy (non-hydrogen) atoms. The quantitative estimate of drug-likeness (QED) is 0.415. The third-order valence-corrected chi connectivity index (χ3v) is 5.51. The van der Waals surface area contributed by atoms with E-state index in [-0.39, 0.29) is 43.7 Å². The van der Waals surface area contributed by atoms with Crippen LogP contribution >= 0.6 is 0 Å². The number of amides is 2. The number of carboxylic acids is 1. The van der Waals surface area contributed by atoms with Crippen LogP contribution in [0.4, 0.5) is 10.5 Å². The third-order valence-electron chi connectivity index (χ3n) is 5.51. The van der Waals surface area contributed by atoms with Gasteiger partial charge in [-0.25, -0.2) is 9.59 Å². The third kappa shape index (κ3) is 4.91. The Morgan fingerprint density at radius 1 is 1.06 bits per heavy atom. The molecule has 3 aromatic rings. The van der Waals surface area contributed by atoms with Gasteiger partial charge in [0.15, 0.2) is 5.69 Å². The van der Waals surface area contributed by atoms with E-state index in [2.05, 4.69) is 27.9 Å². The summed E-state index contributed by atoms with van der Waals surface area (Å²) < 4.78 is 11.8. The van der Waals surface area contributed by atoms with E-state index in [0.29, 0.717) is 0 Å². The Morgan fingerprint density at radius 2 is 1.71 bits per heavy atom. The predicted molar refractivity (Wildman–Crippen MR) is 123 cm³/mol. The molecule has 0 radical (unpaired) electrons. The lowest BCUT2D eigenvalue weighted by atomic mass is 9.98. The van der Waals surface area contributed by atoms with Crippen LogP contribution in [0.2, 0.25) is 0 Å². The van der Waals surface area contributed by atoms with Crippen LogP contribution < -0.4 is 10.6 Å². The van der Waals surface area contributed by atoms with Crippen LogP contribution in [0.25, 0.3) is 11.1 Å². The average Bonchev–Trinajstić information content (AvgIpc) is 3.35. The van der Waals surface area contributed by atoms with Crippen LogP contribution in [-0.2, 0) is 21.3 Å². The van der Waals surface area contributed by atoms with Crippen LogP contribution in [0.5, 0.6) is 0 Å². The molecule has 10 heteroatoms. The number of hydrogen-bond acceptors (Lipinski definition) is 6. The molecule has 1 heterocycles. The molecule has 1 aliphatic carbocycles. The van der Waals surface area contributed by atoms with Gasteiger partial charge in [0.25, 0.3) is 0 Å². The van der Waals surface area contributed by atoms with Crippen molar-refractivity contribution in [2.24, 2.45) is 7.05 Å². The molecule has 0 fully saturated rings. The molecule has 4 rings (SSSR count). The lowest BCUT2D eigenvalue weighted by Gasteiger charge is -2.14. The summed E-state index contributed by atoms with van der Waals surface area (Å²) >= 11 is 0. The minimum Gasteiger partial charge on any atom is -0.476 e. The molecule has 10 nitrogen and oxygen atoms in total. The average molecular weight is 464 g/mol. The number of anilines is 1. The molecule has 0 atom stereocenters. The van der Waals surface area contributed by atoms with E-state index in [1.807, 2.05) is 36.4 Å². The highest BCUT2D eigenvalue weighted by Crippen LogP contribution is 2.44. The largest absolute Gasteiger partial charge is 0.476 e. The topological polar surface area (TPSA) is 132 Å². The number of aromatic carboxylic acids is 1. The monoisotopic (exact) mass is 464 g/mol. The van der Waals surface area contributed by atoms with Crippen molar-refractivity contribution in [3.63, 3.8) is 0 Å². The van der Waals surface area contributed by atoms with Gasteiger partial charge in [0.2, 0.25) is 5.91 Å². The van der Waals surface area contributed by atoms with Gasteiger partial charge >= 0.3 is 12.1 Å². The predicted octanol–water partition coefficient (Wildman–Crippen LogP) is 2.61. The Morgan fingerprint density at radius 3 is 2.35 bits per heavy atom. The lowest BCUT2D eigenvalue weighted by Crippen LogP contribution is -2.30. The number of alkyl carbamates (subject to hydrolysis) is 1. The lowest BCUT2D eigenvalue weighted by molar-refractivity contribution is -0.120. The van der Waals surface area contributed by atoms with Crippen LogP contribution in [-0.4, -0.2) is 59.2 Å². The summed E-state index contributed by atoms with van der Waals surface area (Å²) in [6.07, 6.45) is 0.677. The maximum absolute atomic E-state index is 12.1. The number of benzene rings is 2. The van der Waals surface area contributed by atoms with Crippen molar-refractivity contribution in [1.82, 2.24) is 15.1 Å². The number of rotatable bonds is 9. The maximum Gasteiger partial charge on any atom is 0.407 e. The van der Waals surface area contributed by atoms with Gasteiger partial charge in [-0.15, -0.1) is 0 Å². The Hall–Kier alpha value is -4.18. The number of ether oxygens (including phenoxy) is 2. The van der Waals surface area contributed by atoms with Crippen molar-refractivity contribution >= 4 is 23.7 Å². The zero-order valence-electron chi connectivity index (χ0n) is 18.5. The number of aromatic nitrogens is 2. The molecule has 0 saturated heterocycles. The summed E-state index contributed by atoms with van der Waals surface area (Å²) in [7, 11) is 1.46. The van der Waals surface area contributed by atoms with Crippen molar-refractivity contribution in [2.45, 2.75) is 5.92 Å². The second-order valence-corrected chi connectivity index (χ2v) is 7.69. The first-order chi connectivity index (χ1) is 16.5. The molecule has 0 spiro atoms. The highest BCUT2D eigenvalue weighted by molar-refractivity contribution is 5.99. The first-order valence-corrected chi connectivity index (χ1v) is 10.7. The fourth-order valence-electron chi connectivity index (χ4n) is 4.01. The van der Waals surface area contributed by atoms with E-state index < -0.39 is 18.0 Å². The van der Waals surface area contributed by atoms with Gasteiger partial charge in [-0.1, -0.05) is 48.5 Å². The number of hydrogen-bond donors (Lipinski definition) is 3. The Bertz CT molecular complexity index is 1180. The van der Waals surface area contributed by atoms with E-state index in [4.69, 9.17) is 14.6 Å². The molecule has 2 aromatic carbocycles. The molecule has 2 amide bonds. The second kappa shape index (κ2) is 10.2. The number of carboxylic acid groups (broad SMARTS) is 1. The van der Waals surface area contributed by atoms with Crippen molar-refractivity contribution in [3.05, 3.63) is 71.5 Å². The van der Waals surface area contributed by atoms with Crippen LogP contribution in [0.3, 0.4) is 0 Å². The molecule has 1 aliphatic rings. The van der Waals surface area contributed by atoms with Crippen molar-refractivity contribution in [2.75, 3.05) is 31.7 Å². The number of carbonyl (C=O) groups excluding carboxylic acids is 2. The molecular weight excluding hydrogens is 440 g/mol. The number of nitrogens with one attached hydrogen (secondary N) is 2. The van der Waals surface area contributed by atoms with Crippen molar-refractivity contribution in [1.29, 1.82) is 0 Å². The zero-order valence-corrected chi connectivity index (χ0v) is 18.5. The highest BCUT2D eigenvalue weighted by atomic mass is 16.5. The maximum atomic E-state index is 12.1. The standard InChI is InChI=1S/C24H24N4O6/c1-28-22(23(30)31)20(12-26-28)27-21(29)14-33-11-10-25-24(32)34-13-19-17-8-4-2-6-15(17)16-7-3-5-9-18(16)19/h2-9,12,19H,10-11,13-14H2,1H3,(H,25,32)(H,27,29)(H,30,31). The van der Waals surface area contributed by atoms with E-state index in [1.165, 1.54) is 13.2 Å². The molecule has 0 bridgehead atoms. The summed E-state index contributed by atoms with van der Waals surface area (Å²) in [6.45, 7) is 0.133.